The van der Waals surface area contributed by atoms with Crippen LogP contribution in [-0.2, 0) is 5.41 Å². The van der Waals surface area contributed by atoms with E-state index in [0.29, 0.717) is 23.1 Å². The Kier molecular flexibility index (Phi) is 2.56. The summed E-state index contributed by atoms with van der Waals surface area (Å²) >= 11 is 0. The van der Waals surface area contributed by atoms with Crippen molar-refractivity contribution in [2.45, 2.75) is 43.6 Å². The summed E-state index contributed by atoms with van der Waals surface area (Å²) in [4.78, 5) is 2.51. The van der Waals surface area contributed by atoms with Gasteiger partial charge in [-0.25, -0.2) is 0 Å². The van der Waals surface area contributed by atoms with Crippen LogP contribution in [0.1, 0.15) is 43.2 Å². The van der Waals surface area contributed by atoms with Gasteiger partial charge in [0, 0.05) is 11.5 Å². The van der Waals surface area contributed by atoms with Gasteiger partial charge in [0.15, 0.2) is 0 Å². The second-order valence-corrected chi connectivity index (χ2v) is 6.94. The van der Waals surface area contributed by atoms with Crippen LogP contribution in [0.4, 0.5) is 0 Å². The van der Waals surface area contributed by atoms with Crippen LogP contribution < -0.4 is 0 Å². The fourth-order valence-corrected chi connectivity index (χ4v) is 5.22. The van der Waals surface area contributed by atoms with E-state index in [2.05, 4.69) is 24.6 Å². The Balaban J connectivity index is 1.97. The maximum Gasteiger partial charge on any atom is 0.115 e. The topological polar surface area (TPSA) is 23.5 Å². The third-order valence-corrected chi connectivity index (χ3v) is 6.11. The van der Waals surface area contributed by atoms with Gasteiger partial charge in [0.2, 0.25) is 0 Å². The first-order chi connectivity index (χ1) is 9.63. The van der Waals surface area contributed by atoms with Crippen molar-refractivity contribution in [3.8, 4) is 5.75 Å². The molecule has 2 bridgehead atoms. The molecular formula is C18H23NO. The zero-order valence-electron chi connectivity index (χ0n) is 12.2. The van der Waals surface area contributed by atoms with E-state index < -0.39 is 0 Å². The van der Waals surface area contributed by atoms with Crippen LogP contribution in [0.5, 0.6) is 5.75 Å². The first-order valence-electron chi connectivity index (χ1n) is 7.86. The number of hydrogen-bond donors (Lipinski definition) is 1. The highest BCUT2D eigenvalue weighted by Gasteiger charge is 2.54. The lowest BCUT2D eigenvalue weighted by Crippen LogP contribution is -2.59. The minimum atomic E-state index is 0.296. The maximum atomic E-state index is 9.97. The van der Waals surface area contributed by atoms with E-state index in [1.54, 1.807) is 0 Å². The molecule has 2 aliphatic carbocycles. The normalized spacial score (nSPS) is 36.4. The summed E-state index contributed by atoms with van der Waals surface area (Å²) in [7, 11) is 2.25. The average Bonchev–Trinajstić information content (AvgIpc) is 2.46. The number of rotatable bonds is 0. The summed E-state index contributed by atoms with van der Waals surface area (Å²) in [5.41, 5.74) is 4.25. The maximum absolute atomic E-state index is 9.97. The van der Waals surface area contributed by atoms with E-state index in [1.807, 2.05) is 12.1 Å². The first kappa shape index (κ1) is 12.5. The number of fused-ring (bicyclic) bond motifs is 1. The molecule has 1 aromatic rings. The number of nitrogens with zero attached hydrogens (tertiary/aromatic N) is 1. The van der Waals surface area contributed by atoms with Gasteiger partial charge in [0.05, 0.1) is 0 Å². The van der Waals surface area contributed by atoms with Gasteiger partial charge < -0.3 is 5.11 Å². The Hall–Kier alpha value is -1.28. The number of phenols is 1. The summed E-state index contributed by atoms with van der Waals surface area (Å²) in [6.07, 6.45) is 6.50. The minimum Gasteiger partial charge on any atom is -0.508 e. The Morgan fingerprint density at radius 2 is 2.15 bits per heavy atom. The lowest BCUT2D eigenvalue weighted by atomic mass is 9.51. The number of phenolic OH excluding ortho intramolecular Hbond substituents is 1. The van der Waals surface area contributed by atoms with Crippen LogP contribution in [0.15, 0.2) is 24.8 Å². The highest BCUT2D eigenvalue weighted by atomic mass is 16.3. The standard InChI is InChI=1S/C18H23NO/c1-12-14-7-6-13(20)11-16(14)18-8-4-3-5-15(18)17(12)19(2)10-9-18/h6-7,11,15,17,20H,1,3-5,8-10H2,2H3/t15-,17+,18+/m1/s1. The quantitative estimate of drug-likeness (QED) is 0.778. The van der Waals surface area contributed by atoms with Crippen LogP contribution >= 0.6 is 0 Å². The molecule has 20 heavy (non-hydrogen) atoms. The average molecular weight is 269 g/mol. The molecule has 0 spiro atoms. The van der Waals surface area contributed by atoms with Crippen molar-refractivity contribution >= 4 is 5.57 Å². The van der Waals surface area contributed by atoms with Gasteiger partial charge in [-0.3, -0.25) is 4.90 Å². The molecule has 2 heteroatoms. The second kappa shape index (κ2) is 4.11. The number of likely N-dealkylation sites (N-methyl/N-ethyl adjacent to an activating group) is 1. The molecule has 106 valence electrons. The lowest BCUT2D eigenvalue weighted by Gasteiger charge is -2.59. The first-order valence-corrected chi connectivity index (χ1v) is 7.86. The third kappa shape index (κ3) is 1.43. The molecule has 1 saturated carbocycles. The number of piperidine rings is 1. The van der Waals surface area contributed by atoms with Gasteiger partial charge in [-0.15, -0.1) is 0 Å². The molecule has 4 rings (SSSR count). The molecule has 3 aliphatic rings. The Bertz CT molecular complexity index is 579. The molecule has 0 aromatic heterocycles. The SMILES string of the molecule is C=C1c2ccc(O)cc2[C@]23CCCC[C@@H]2[C@H]1N(C)CC3. The van der Waals surface area contributed by atoms with E-state index in [0.717, 1.165) is 6.54 Å². The Labute approximate surface area is 121 Å². The van der Waals surface area contributed by atoms with Crippen LogP contribution in [0.3, 0.4) is 0 Å². The largest absolute Gasteiger partial charge is 0.508 e. The summed E-state index contributed by atoms with van der Waals surface area (Å²) in [6.45, 7) is 5.57. The molecule has 2 nitrogen and oxygen atoms in total. The number of benzene rings is 1. The highest BCUT2D eigenvalue weighted by molar-refractivity contribution is 5.75. The van der Waals surface area contributed by atoms with E-state index in [4.69, 9.17) is 0 Å². The summed E-state index contributed by atoms with van der Waals surface area (Å²) in [5.74, 6) is 1.10. The highest BCUT2D eigenvalue weighted by Crippen LogP contribution is 2.58. The van der Waals surface area contributed by atoms with Crippen LogP contribution in [0, 0.1) is 5.92 Å². The van der Waals surface area contributed by atoms with Crippen molar-refractivity contribution in [1.29, 1.82) is 0 Å². The smallest absolute Gasteiger partial charge is 0.115 e. The van der Waals surface area contributed by atoms with Crippen molar-refractivity contribution in [3.05, 3.63) is 35.9 Å². The monoisotopic (exact) mass is 269 g/mol. The van der Waals surface area contributed by atoms with Crippen molar-refractivity contribution < 1.29 is 5.11 Å². The fourth-order valence-electron chi connectivity index (χ4n) is 5.22. The van der Waals surface area contributed by atoms with Crippen molar-refractivity contribution in [2.24, 2.45) is 5.92 Å². The van der Waals surface area contributed by atoms with E-state index in [-0.39, 0.29) is 0 Å². The minimum absolute atomic E-state index is 0.296. The van der Waals surface area contributed by atoms with Crippen LogP contribution in [0.25, 0.3) is 5.57 Å². The van der Waals surface area contributed by atoms with E-state index in [9.17, 15) is 5.11 Å². The van der Waals surface area contributed by atoms with Gasteiger partial charge in [0.25, 0.3) is 0 Å². The third-order valence-electron chi connectivity index (χ3n) is 6.11. The van der Waals surface area contributed by atoms with Crippen LogP contribution in [0.2, 0.25) is 0 Å². The summed E-state index contributed by atoms with van der Waals surface area (Å²) < 4.78 is 0. The molecule has 1 N–H and O–H groups in total. The molecule has 1 aliphatic heterocycles. The Morgan fingerprint density at radius 3 is 3.00 bits per heavy atom. The molecule has 3 atom stereocenters. The van der Waals surface area contributed by atoms with Crippen LogP contribution in [-0.4, -0.2) is 29.6 Å². The molecule has 0 amide bonds. The molecule has 0 radical (unpaired) electrons. The van der Waals surface area contributed by atoms with Gasteiger partial charge in [-0.1, -0.05) is 25.5 Å². The van der Waals surface area contributed by atoms with Gasteiger partial charge in [-0.05, 0) is 67.6 Å². The van der Waals surface area contributed by atoms with E-state index in [1.165, 1.54) is 48.8 Å². The molecule has 1 saturated heterocycles. The Morgan fingerprint density at radius 1 is 1.30 bits per heavy atom. The van der Waals surface area contributed by atoms with Crippen molar-refractivity contribution in [3.63, 3.8) is 0 Å². The van der Waals surface area contributed by atoms with Crippen molar-refractivity contribution in [2.75, 3.05) is 13.6 Å². The second-order valence-electron chi connectivity index (χ2n) is 6.94. The zero-order chi connectivity index (χ0) is 13.9. The predicted molar refractivity (Wildman–Crippen MR) is 81.8 cm³/mol. The van der Waals surface area contributed by atoms with Gasteiger partial charge in [-0.2, -0.15) is 0 Å². The predicted octanol–water partition coefficient (Wildman–Crippen LogP) is 3.55. The number of aromatic hydroxyl groups is 1. The lowest BCUT2D eigenvalue weighted by molar-refractivity contribution is 0.0341. The zero-order valence-corrected chi connectivity index (χ0v) is 12.2. The van der Waals surface area contributed by atoms with Crippen molar-refractivity contribution in [1.82, 2.24) is 4.90 Å². The molecule has 2 fully saturated rings. The number of likely N-dealkylation sites (tertiary alicyclic amines) is 1. The van der Waals surface area contributed by atoms with Gasteiger partial charge in [0.1, 0.15) is 5.75 Å². The summed E-state index contributed by atoms with van der Waals surface area (Å²) in [5, 5.41) is 9.97. The molecule has 0 unspecified atom stereocenters. The number of hydrogen-bond acceptors (Lipinski definition) is 2. The molecule has 1 aromatic carbocycles. The molecular weight excluding hydrogens is 246 g/mol. The molecule has 1 heterocycles. The van der Waals surface area contributed by atoms with E-state index >= 15 is 0 Å². The fraction of sp³-hybridized carbons (Fsp3) is 0.556. The summed E-state index contributed by atoms with van der Waals surface area (Å²) in [6, 6.07) is 6.44. The van der Waals surface area contributed by atoms with Gasteiger partial charge >= 0.3 is 0 Å².